The number of hydrogen-bond donors (Lipinski definition) is 3. The monoisotopic (exact) mass is 265 g/mol. The lowest BCUT2D eigenvalue weighted by atomic mass is 10.1. The van der Waals surface area contributed by atoms with Gasteiger partial charge in [0.25, 0.3) is 0 Å². The van der Waals surface area contributed by atoms with Gasteiger partial charge in [-0.2, -0.15) is 0 Å². The van der Waals surface area contributed by atoms with Crippen molar-refractivity contribution in [3.63, 3.8) is 0 Å². The van der Waals surface area contributed by atoms with Crippen molar-refractivity contribution in [3.8, 4) is 11.5 Å². The molecule has 1 rings (SSSR count). The molecule has 0 unspecified atom stereocenters. The number of phenols is 1. The predicted octanol–water partition coefficient (Wildman–Crippen LogP) is 1.86. The van der Waals surface area contributed by atoms with Crippen LogP contribution < -0.4 is 15.4 Å². The molecule has 0 spiro atoms. The summed E-state index contributed by atoms with van der Waals surface area (Å²) < 4.78 is 5.14. The number of benzene rings is 1. The number of aromatic hydroxyl groups is 1. The smallest absolute Gasteiger partial charge is 0.191 e. The van der Waals surface area contributed by atoms with Crippen molar-refractivity contribution in [2.45, 2.75) is 32.9 Å². The predicted molar refractivity (Wildman–Crippen MR) is 77.7 cm³/mol. The molecule has 0 saturated heterocycles. The first kappa shape index (κ1) is 15.1. The lowest BCUT2D eigenvalue weighted by molar-refractivity contribution is 0.410. The van der Waals surface area contributed by atoms with Gasteiger partial charge in [0.05, 0.1) is 7.11 Å². The van der Waals surface area contributed by atoms with E-state index < -0.39 is 0 Å². The SMILES string of the molecule is CN=C(NCc1cc(OC)ccc1O)NC(C)(C)C. The van der Waals surface area contributed by atoms with E-state index in [4.69, 9.17) is 4.74 Å². The summed E-state index contributed by atoms with van der Waals surface area (Å²) in [5, 5.41) is 16.2. The molecule has 0 atom stereocenters. The molecule has 0 aliphatic heterocycles. The summed E-state index contributed by atoms with van der Waals surface area (Å²) in [5.41, 5.74) is 0.689. The van der Waals surface area contributed by atoms with E-state index in [0.29, 0.717) is 18.3 Å². The molecule has 0 bridgehead atoms. The van der Waals surface area contributed by atoms with Gasteiger partial charge >= 0.3 is 0 Å². The van der Waals surface area contributed by atoms with Crippen LogP contribution in [0.4, 0.5) is 0 Å². The number of guanidine groups is 1. The number of ether oxygens (including phenoxy) is 1. The molecular weight excluding hydrogens is 242 g/mol. The topological polar surface area (TPSA) is 65.9 Å². The minimum absolute atomic E-state index is 0.0712. The summed E-state index contributed by atoms with van der Waals surface area (Å²) in [6, 6.07) is 5.14. The first-order valence-corrected chi connectivity index (χ1v) is 6.20. The summed E-state index contributed by atoms with van der Waals surface area (Å²) in [7, 11) is 3.32. The molecule has 5 nitrogen and oxygen atoms in total. The zero-order valence-corrected chi connectivity index (χ0v) is 12.2. The van der Waals surface area contributed by atoms with Crippen molar-refractivity contribution in [2.24, 2.45) is 4.99 Å². The minimum Gasteiger partial charge on any atom is -0.508 e. The highest BCUT2D eigenvalue weighted by molar-refractivity contribution is 5.80. The van der Waals surface area contributed by atoms with Crippen LogP contribution in [0.1, 0.15) is 26.3 Å². The molecule has 1 aromatic carbocycles. The Kier molecular flexibility index (Phi) is 5.03. The Labute approximate surface area is 114 Å². The van der Waals surface area contributed by atoms with Gasteiger partial charge in [-0.3, -0.25) is 4.99 Å². The number of hydrogen-bond acceptors (Lipinski definition) is 3. The lowest BCUT2D eigenvalue weighted by Crippen LogP contribution is -2.47. The Bertz CT molecular complexity index is 450. The third-order valence-corrected chi connectivity index (χ3v) is 2.45. The van der Waals surface area contributed by atoms with E-state index in [0.717, 1.165) is 5.56 Å². The van der Waals surface area contributed by atoms with Crippen LogP contribution >= 0.6 is 0 Å². The van der Waals surface area contributed by atoms with Crippen LogP contribution in [-0.4, -0.2) is 30.8 Å². The molecule has 106 valence electrons. The van der Waals surface area contributed by atoms with Gasteiger partial charge in [0.2, 0.25) is 0 Å². The molecule has 3 N–H and O–H groups in total. The number of aliphatic imine (C=N–C) groups is 1. The van der Waals surface area contributed by atoms with Crippen molar-refractivity contribution < 1.29 is 9.84 Å². The molecule has 0 aliphatic carbocycles. The van der Waals surface area contributed by atoms with Crippen LogP contribution in [0.3, 0.4) is 0 Å². The molecule has 0 aromatic heterocycles. The fourth-order valence-electron chi connectivity index (χ4n) is 1.54. The van der Waals surface area contributed by atoms with E-state index in [9.17, 15) is 5.11 Å². The molecule has 0 fully saturated rings. The van der Waals surface area contributed by atoms with E-state index in [1.807, 2.05) is 0 Å². The molecule has 19 heavy (non-hydrogen) atoms. The quantitative estimate of drug-likeness (QED) is 0.576. The van der Waals surface area contributed by atoms with Crippen molar-refractivity contribution in [2.75, 3.05) is 14.2 Å². The van der Waals surface area contributed by atoms with Crippen molar-refractivity contribution >= 4 is 5.96 Å². The largest absolute Gasteiger partial charge is 0.508 e. The Balaban J connectivity index is 2.70. The minimum atomic E-state index is -0.0712. The maximum Gasteiger partial charge on any atom is 0.191 e. The van der Waals surface area contributed by atoms with Crippen LogP contribution in [-0.2, 0) is 6.54 Å². The van der Waals surface area contributed by atoms with Crippen LogP contribution in [0.2, 0.25) is 0 Å². The first-order chi connectivity index (χ1) is 8.85. The Morgan fingerprint density at radius 2 is 2.05 bits per heavy atom. The van der Waals surface area contributed by atoms with E-state index in [1.165, 1.54) is 0 Å². The zero-order valence-electron chi connectivity index (χ0n) is 12.2. The number of rotatable bonds is 3. The van der Waals surface area contributed by atoms with Crippen molar-refractivity contribution in [1.29, 1.82) is 0 Å². The summed E-state index contributed by atoms with van der Waals surface area (Å²) in [5.74, 6) is 1.64. The number of phenolic OH excluding ortho intramolecular Hbond substituents is 1. The average Bonchev–Trinajstić information content (AvgIpc) is 2.34. The van der Waals surface area contributed by atoms with Crippen molar-refractivity contribution in [1.82, 2.24) is 10.6 Å². The zero-order chi connectivity index (χ0) is 14.5. The van der Waals surface area contributed by atoms with Gasteiger partial charge in [0.15, 0.2) is 5.96 Å². The Morgan fingerprint density at radius 1 is 1.37 bits per heavy atom. The maximum absolute atomic E-state index is 9.79. The second kappa shape index (κ2) is 6.31. The third kappa shape index (κ3) is 5.07. The molecular formula is C14H23N3O2. The average molecular weight is 265 g/mol. The van der Waals surface area contributed by atoms with Gasteiger partial charge in [-0.05, 0) is 39.0 Å². The van der Waals surface area contributed by atoms with Gasteiger partial charge < -0.3 is 20.5 Å². The van der Waals surface area contributed by atoms with Crippen LogP contribution in [0.5, 0.6) is 11.5 Å². The van der Waals surface area contributed by atoms with Gasteiger partial charge in [0.1, 0.15) is 11.5 Å². The Morgan fingerprint density at radius 3 is 2.58 bits per heavy atom. The van der Waals surface area contributed by atoms with Crippen molar-refractivity contribution in [3.05, 3.63) is 23.8 Å². The second-order valence-corrected chi connectivity index (χ2v) is 5.30. The standard InChI is InChI=1S/C14H23N3O2/c1-14(2,3)17-13(15-4)16-9-10-8-11(19-5)6-7-12(10)18/h6-8,18H,9H2,1-5H3,(H2,15,16,17). The van der Waals surface area contributed by atoms with E-state index in [2.05, 4.69) is 36.4 Å². The van der Waals surface area contributed by atoms with Crippen LogP contribution in [0.25, 0.3) is 0 Å². The fraction of sp³-hybridized carbons (Fsp3) is 0.500. The van der Waals surface area contributed by atoms with Gasteiger partial charge in [-0.15, -0.1) is 0 Å². The molecule has 0 heterocycles. The fourth-order valence-corrected chi connectivity index (χ4v) is 1.54. The molecule has 5 heteroatoms. The van der Waals surface area contributed by atoms with Crippen LogP contribution in [0.15, 0.2) is 23.2 Å². The lowest BCUT2D eigenvalue weighted by Gasteiger charge is -2.23. The highest BCUT2D eigenvalue weighted by Gasteiger charge is 2.12. The summed E-state index contributed by atoms with van der Waals surface area (Å²) in [4.78, 5) is 4.14. The van der Waals surface area contributed by atoms with Crippen LogP contribution in [0, 0.1) is 0 Å². The van der Waals surface area contributed by atoms with Gasteiger partial charge in [-0.1, -0.05) is 0 Å². The molecule has 0 saturated carbocycles. The highest BCUT2D eigenvalue weighted by atomic mass is 16.5. The first-order valence-electron chi connectivity index (χ1n) is 6.20. The van der Waals surface area contributed by atoms with E-state index in [-0.39, 0.29) is 11.3 Å². The Hall–Kier alpha value is -1.91. The van der Waals surface area contributed by atoms with Gasteiger partial charge in [0, 0.05) is 24.7 Å². The number of nitrogens with zero attached hydrogens (tertiary/aromatic N) is 1. The number of methoxy groups -OCH3 is 1. The summed E-state index contributed by atoms with van der Waals surface area (Å²) in [6.07, 6.45) is 0. The number of nitrogens with one attached hydrogen (secondary N) is 2. The normalized spacial score (nSPS) is 12.2. The summed E-state index contributed by atoms with van der Waals surface area (Å²) in [6.45, 7) is 6.65. The van der Waals surface area contributed by atoms with E-state index in [1.54, 1.807) is 32.4 Å². The van der Waals surface area contributed by atoms with Gasteiger partial charge in [-0.25, -0.2) is 0 Å². The molecule has 0 amide bonds. The summed E-state index contributed by atoms with van der Waals surface area (Å²) >= 11 is 0. The molecule has 0 radical (unpaired) electrons. The second-order valence-electron chi connectivity index (χ2n) is 5.30. The molecule has 1 aromatic rings. The maximum atomic E-state index is 9.79. The molecule has 0 aliphatic rings. The highest BCUT2D eigenvalue weighted by Crippen LogP contribution is 2.22. The van der Waals surface area contributed by atoms with E-state index >= 15 is 0 Å². The third-order valence-electron chi connectivity index (χ3n) is 2.45.